The maximum Gasteiger partial charge on any atom is 0.416 e. The highest BCUT2D eigenvalue weighted by Crippen LogP contribution is 2.33. The van der Waals surface area contributed by atoms with Crippen LogP contribution in [0.15, 0.2) is 78.9 Å². The summed E-state index contributed by atoms with van der Waals surface area (Å²) in [5, 5.41) is 9.99. The molecule has 198 valence electrons. The van der Waals surface area contributed by atoms with Gasteiger partial charge in [-0.05, 0) is 35.9 Å². The number of aromatic nitrogens is 2. The average Bonchev–Trinajstić information content (AvgIpc) is 2.96. The molecule has 0 spiro atoms. The van der Waals surface area contributed by atoms with Gasteiger partial charge in [-0.15, -0.1) is 0 Å². The van der Waals surface area contributed by atoms with Crippen LogP contribution in [0.3, 0.4) is 0 Å². The molecular formula is C29H24F3N5O2. The molecule has 1 saturated heterocycles. The fourth-order valence-corrected chi connectivity index (χ4v) is 4.52. The van der Waals surface area contributed by atoms with E-state index in [0.717, 1.165) is 17.7 Å². The van der Waals surface area contributed by atoms with E-state index in [4.69, 9.17) is 9.72 Å². The van der Waals surface area contributed by atoms with Gasteiger partial charge in [0.25, 0.3) is 0 Å². The number of ether oxygens (including phenoxy) is 1. The Bertz CT molecular complexity index is 1510. The number of nitrogens with zero attached hydrogens (tertiary/aromatic N) is 5. The Labute approximate surface area is 223 Å². The lowest BCUT2D eigenvalue weighted by molar-refractivity contribution is -0.145. The molecule has 1 atom stereocenters. The van der Waals surface area contributed by atoms with Crippen LogP contribution in [0.4, 0.5) is 24.7 Å². The van der Waals surface area contributed by atoms with Gasteiger partial charge in [0, 0.05) is 31.9 Å². The van der Waals surface area contributed by atoms with Crippen molar-refractivity contribution in [3.05, 3.63) is 95.7 Å². The summed E-state index contributed by atoms with van der Waals surface area (Å²) in [5.41, 5.74) is 1.91. The molecule has 0 unspecified atom stereocenters. The second-order valence-electron chi connectivity index (χ2n) is 9.10. The van der Waals surface area contributed by atoms with E-state index in [1.165, 1.54) is 6.07 Å². The molecule has 1 aliphatic heterocycles. The Kier molecular flexibility index (Phi) is 7.32. The van der Waals surface area contributed by atoms with Gasteiger partial charge in [-0.2, -0.15) is 18.4 Å². The molecule has 2 heterocycles. The molecule has 7 nitrogen and oxygen atoms in total. The third kappa shape index (κ3) is 5.77. The second kappa shape index (κ2) is 11.0. The number of halogens is 3. The third-order valence-electron chi connectivity index (χ3n) is 6.56. The van der Waals surface area contributed by atoms with E-state index in [1.807, 2.05) is 52.3 Å². The van der Waals surface area contributed by atoms with Gasteiger partial charge in [-0.25, -0.2) is 9.97 Å². The fraction of sp³-hybridized carbons (Fsp3) is 0.241. The minimum absolute atomic E-state index is 0.0177. The van der Waals surface area contributed by atoms with Crippen LogP contribution in [0.2, 0.25) is 0 Å². The average molecular weight is 532 g/mol. The largest absolute Gasteiger partial charge is 0.460 e. The standard InChI is InChI=1S/C29H24F3N5O2/c30-29(31,32)21-9-6-10-22(17-21)36-13-15-37(16-14-36)27-26(34-24-11-4-5-12-25(24)35-27)23(18-33)28(38)39-19-20-7-2-1-3-8-20/h1-12,17,23H,13-16,19H2/t23-/m1/s1. The Morgan fingerprint density at radius 2 is 1.54 bits per heavy atom. The first-order valence-corrected chi connectivity index (χ1v) is 12.4. The number of fused-ring (bicyclic) bond motifs is 1. The van der Waals surface area contributed by atoms with E-state index in [9.17, 15) is 23.2 Å². The number of alkyl halides is 3. The monoisotopic (exact) mass is 531 g/mol. The van der Waals surface area contributed by atoms with Gasteiger partial charge in [0.05, 0.1) is 22.7 Å². The van der Waals surface area contributed by atoms with Crippen molar-refractivity contribution < 1.29 is 22.7 Å². The minimum Gasteiger partial charge on any atom is -0.460 e. The lowest BCUT2D eigenvalue weighted by Crippen LogP contribution is -2.47. The number of para-hydroxylation sites is 2. The SMILES string of the molecule is N#C[C@@H](C(=O)OCc1ccccc1)c1nc2ccccc2nc1N1CCN(c2cccc(C(F)(F)F)c2)CC1. The lowest BCUT2D eigenvalue weighted by atomic mass is 10.1. The van der Waals surface area contributed by atoms with Crippen LogP contribution in [-0.2, 0) is 22.3 Å². The van der Waals surface area contributed by atoms with Gasteiger partial charge in [-0.1, -0.05) is 48.5 Å². The van der Waals surface area contributed by atoms with Crippen molar-refractivity contribution in [2.75, 3.05) is 36.0 Å². The summed E-state index contributed by atoms with van der Waals surface area (Å²) in [5.74, 6) is -1.64. The Morgan fingerprint density at radius 1 is 0.897 bits per heavy atom. The maximum atomic E-state index is 13.2. The number of benzene rings is 3. The maximum absolute atomic E-state index is 13.2. The number of rotatable bonds is 6. The summed E-state index contributed by atoms with van der Waals surface area (Å²) in [6.07, 6.45) is -4.42. The number of nitriles is 1. The van der Waals surface area contributed by atoms with Crippen LogP contribution in [0, 0.1) is 11.3 Å². The zero-order valence-electron chi connectivity index (χ0n) is 20.8. The Hall–Kier alpha value is -4.65. The van der Waals surface area contributed by atoms with Gasteiger partial charge in [0.2, 0.25) is 0 Å². The van der Waals surface area contributed by atoms with E-state index in [0.29, 0.717) is 48.7 Å². The summed E-state index contributed by atoms with van der Waals surface area (Å²) < 4.78 is 45.1. The number of anilines is 2. The van der Waals surface area contributed by atoms with Crippen LogP contribution in [-0.4, -0.2) is 42.1 Å². The number of piperazine rings is 1. The lowest BCUT2D eigenvalue weighted by Gasteiger charge is -2.37. The summed E-state index contributed by atoms with van der Waals surface area (Å²) in [4.78, 5) is 26.2. The normalized spacial score (nSPS) is 14.6. The first kappa shape index (κ1) is 26.0. The van der Waals surface area contributed by atoms with Crippen molar-refractivity contribution in [2.45, 2.75) is 18.7 Å². The van der Waals surface area contributed by atoms with Crippen LogP contribution in [0.1, 0.15) is 22.7 Å². The summed E-state index contributed by atoms with van der Waals surface area (Å²) in [7, 11) is 0. The van der Waals surface area contributed by atoms with Gasteiger partial charge in [0.15, 0.2) is 11.7 Å². The van der Waals surface area contributed by atoms with Crippen LogP contribution in [0.25, 0.3) is 11.0 Å². The highest BCUT2D eigenvalue weighted by molar-refractivity contribution is 5.85. The van der Waals surface area contributed by atoms with Gasteiger partial charge in [-0.3, -0.25) is 4.79 Å². The molecule has 1 aliphatic rings. The Morgan fingerprint density at radius 3 is 2.21 bits per heavy atom. The summed E-state index contributed by atoms with van der Waals surface area (Å²) in [6, 6.07) is 23.6. The van der Waals surface area contributed by atoms with Crippen LogP contribution >= 0.6 is 0 Å². The Balaban J connectivity index is 1.40. The quantitative estimate of drug-likeness (QED) is 0.311. The van der Waals surface area contributed by atoms with Gasteiger partial charge >= 0.3 is 12.1 Å². The first-order chi connectivity index (χ1) is 18.8. The van der Waals surface area contributed by atoms with E-state index >= 15 is 0 Å². The molecular weight excluding hydrogens is 507 g/mol. The van der Waals surface area contributed by atoms with Gasteiger partial charge < -0.3 is 14.5 Å². The molecule has 0 bridgehead atoms. The molecule has 0 saturated carbocycles. The van der Waals surface area contributed by atoms with Crippen molar-refractivity contribution >= 4 is 28.5 Å². The van der Waals surface area contributed by atoms with E-state index in [1.54, 1.807) is 24.3 Å². The van der Waals surface area contributed by atoms with Gasteiger partial charge in [0.1, 0.15) is 12.3 Å². The molecule has 39 heavy (non-hydrogen) atoms. The number of carbonyl (C=O) groups excluding carboxylic acids is 1. The second-order valence-corrected chi connectivity index (χ2v) is 9.10. The molecule has 0 radical (unpaired) electrons. The zero-order valence-corrected chi connectivity index (χ0v) is 20.8. The highest BCUT2D eigenvalue weighted by Gasteiger charge is 2.33. The topological polar surface area (TPSA) is 82.3 Å². The number of hydrogen-bond donors (Lipinski definition) is 0. The molecule has 1 fully saturated rings. The first-order valence-electron chi connectivity index (χ1n) is 12.4. The molecule has 5 rings (SSSR count). The number of hydrogen-bond acceptors (Lipinski definition) is 7. The molecule has 0 N–H and O–H groups in total. The van der Waals surface area contributed by atoms with Crippen molar-refractivity contribution in [3.8, 4) is 6.07 Å². The van der Waals surface area contributed by atoms with Crippen molar-refractivity contribution in [1.82, 2.24) is 9.97 Å². The van der Waals surface area contributed by atoms with Crippen molar-refractivity contribution in [1.29, 1.82) is 5.26 Å². The molecule has 1 aromatic heterocycles. The number of esters is 1. The third-order valence-corrected chi connectivity index (χ3v) is 6.56. The van der Waals surface area contributed by atoms with Crippen LogP contribution in [0.5, 0.6) is 0 Å². The smallest absolute Gasteiger partial charge is 0.416 e. The fourth-order valence-electron chi connectivity index (χ4n) is 4.52. The molecule has 4 aromatic rings. The van der Waals surface area contributed by atoms with Crippen molar-refractivity contribution in [3.63, 3.8) is 0 Å². The molecule has 10 heteroatoms. The van der Waals surface area contributed by atoms with E-state index < -0.39 is 23.6 Å². The van der Waals surface area contributed by atoms with Crippen molar-refractivity contribution in [2.24, 2.45) is 0 Å². The summed E-state index contributed by atoms with van der Waals surface area (Å²) in [6.45, 7) is 1.68. The summed E-state index contributed by atoms with van der Waals surface area (Å²) >= 11 is 0. The van der Waals surface area contributed by atoms with E-state index in [2.05, 4.69) is 4.98 Å². The minimum atomic E-state index is -4.42. The van der Waals surface area contributed by atoms with Crippen LogP contribution < -0.4 is 9.80 Å². The predicted octanol–water partition coefficient (Wildman–Crippen LogP) is 5.33. The van der Waals surface area contributed by atoms with E-state index in [-0.39, 0.29) is 12.3 Å². The predicted molar refractivity (Wildman–Crippen MR) is 140 cm³/mol. The zero-order chi connectivity index (χ0) is 27.4. The molecule has 3 aromatic carbocycles. The molecule has 0 aliphatic carbocycles. The highest BCUT2D eigenvalue weighted by atomic mass is 19.4. The molecule has 0 amide bonds. The number of carbonyl (C=O) groups is 1.